The fraction of sp³-hybridized carbons (Fsp3) is 0.594. The molecule has 1 saturated carbocycles. The Bertz CT molecular complexity index is 1090. The second kappa shape index (κ2) is 22.4. The fourth-order valence-corrected chi connectivity index (χ4v) is 4.52. The zero-order valence-electron chi connectivity index (χ0n) is 27.0. The molecule has 2 fully saturated rings. The van der Waals surface area contributed by atoms with Gasteiger partial charge in [-0.2, -0.15) is 0 Å². The normalized spacial score (nSPS) is 18.2. The smallest absolute Gasteiger partial charge is 0.303 e. The molecular formula is C32H49N3O11. The Morgan fingerprint density at radius 1 is 0.826 bits per heavy atom. The molecule has 46 heavy (non-hydrogen) atoms. The Balaban J connectivity index is 0.000000545. The monoisotopic (exact) mass is 651 g/mol. The number of benzene rings is 1. The third-order valence-corrected chi connectivity index (χ3v) is 7.34. The SMILES string of the molecule is COc1cc(C=CC(=O)N[C@H]2CC[C@H](C)CC2)ccc1OCCN1CCN(C)CC1.O=C(O)CCC(=O)O.O=C(O)CCC(=O)O. The van der Waals surface area contributed by atoms with E-state index in [9.17, 15) is 24.0 Å². The third-order valence-electron chi connectivity index (χ3n) is 7.34. The summed E-state index contributed by atoms with van der Waals surface area (Å²) in [5.41, 5.74) is 0.922. The summed E-state index contributed by atoms with van der Waals surface area (Å²) >= 11 is 0. The van der Waals surface area contributed by atoms with E-state index in [4.69, 9.17) is 29.9 Å². The van der Waals surface area contributed by atoms with Crippen LogP contribution >= 0.6 is 0 Å². The second-order valence-corrected chi connectivity index (χ2v) is 11.3. The van der Waals surface area contributed by atoms with Crippen LogP contribution in [0.1, 0.15) is 63.9 Å². The zero-order chi connectivity index (χ0) is 34.5. The number of carboxylic acids is 4. The Labute approximate surface area is 270 Å². The van der Waals surface area contributed by atoms with Crippen molar-refractivity contribution in [1.82, 2.24) is 15.1 Å². The average Bonchev–Trinajstić information content (AvgIpc) is 3.01. The number of methoxy groups -OCH3 is 1. The molecule has 2 aliphatic rings. The molecule has 1 aromatic rings. The number of piperazine rings is 1. The molecule has 0 spiro atoms. The molecule has 5 N–H and O–H groups in total. The van der Waals surface area contributed by atoms with Gasteiger partial charge in [0, 0.05) is 44.8 Å². The lowest BCUT2D eigenvalue weighted by Gasteiger charge is -2.32. The summed E-state index contributed by atoms with van der Waals surface area (Å²) in [4.78, 5) is 55.6. The van der Waals surface area contributed by atoms with Gasteiger partial charge in [0.1, 0.15) is 6.61 Å². The lowest BCUT2D eigenvalue weighted by molar-refractivity contribution is -0.143. The summed E-state index contributed by atoms with van der Waals surface area (Å²) < 4.78 is 11.5. The fourth-order valence-electron chi connectivity index (χ4n) is 4.52. The van der Waals surface area contributed by atoms with Gasteiger partial charge >= 0.3 is 23.9 Å². The van der Waals surface area contributed by atoms with Crippen LogP contribution in [-0.2, 0) is 24.0 Å². The summed E-state index contributed by atoms with van der Waals surface area (Å²) in [5.74, 6) is -2.12. The lowest BCUT2D eigenvalue weighted by Crippen LogP contribution is -2.45. The van der Waals surface area contributed by atoms with Crippen LogP contribution in [0.15, 0.2) is 24.3 Å². The molecule has 0 atom stereocenters. The molecule has 0 aromatic heterocycles. The van der Waals surface area contributed by atoms with E-state index in [1.807, 2.05) is 24.3 Å². The molecule has 1 aromatic carbocycles. The van der Waals surface area contributed by atoms with Crippen molar-refractivity contribution in [2.75, 3.05) is 53.5 Å². The first kappa shape index (κ1) is 39.9. The minimum atomic E-state index is -1.08. The summed E-state index contributed by atoms with van der Waals surface area (Å²) in [6.45, 7) is 8.22. The summed E-state index contributed by atoms with van der Waals surface area (Å²) in [6, 6.07) is 6.10. The lowest BCUT2D eigenvalue weighted by atomic mass is 9.87. The maximum Gasteiger partial charge on any atom is 0.303 e. The number of likely N-dealkylation sites (N-methyl/N-ethyl adjacent to an activating group) is 1. The van der Waals surface area contributed by atoms with E-state index in [1.165, 1.54) is 12.8 Å². The van der Waals surface area contributed by atoms with Gasteiger partial charge in [-0.05, 0) is 62.4 Å². The van der Waals surface area contributed by atoms with Crippen molar-refractivity contribution in [2.45, 2.75) is 64.3 Å². The number of amides is 1. The van der Waals surface area contributed by atoms with Crippen LogP contribution in [0.25, 0.3) is 6.08 Å². The maximum absolute atomic E-state index is 12.2. The topological polar surface area (TPSA) is 203 Å². The number of ether oxygens (including phenoxy) is 2. The number of hydrogen-bond donors (Lipinski definition) is 5. The molecule has 1 aliphatic heterocycles. The van der Waals surface area contributed by atoms with Crippen molar-refractivity contribution in [3.05, 3.63) is 29.8 Å². The van der Waals surface area contributed by atoms with Crippen LogP contribution in [0.3, 0.4) is 0 Å². The van der Waals surface area contributed by atoms with E-state index in [2.05, 4.69) is 29.1 Å². The zero-order valence-corrected chi connectivity index (χ0v) is 27.0. The van der Waals surface area contributed by atoms with Gasteiger partial charge in [0.2, 0.25) is 5.91 Å². The van der Waals surface area contributed by atoms with E-state index in [0.29, 0.717) is 18.4 Å². The van der Waals surface area contributed by atoms with Gasteiger partial charge in [0.15, 0.2) is 11.5 Å². The van der Waals surface area contributed by atoms with Crippen LogP contribution < -0.4 is 14.8 Å². The highest BCUT2D eigenvalue weighted by molar-refractivity contribution is 5.92. The standard InChI is InChI=1S/C24H37N3O3.2C4H6O4/c1-19-4-8-21(9-5-19)25-24(28)11-7-20-6-10-22(23(18-20)29-3)30-17-16-27-14-12-26(2)13-15-27;2*5-3(6)1-2-4(7)8/h6-7,10-11,18-19,21H,4-5,8-9,12-17H2,1-3H3,(H,25,28);2*1-2H2,(H,5,6)(H,7,8)/t19-,21-;;. The van der Waals surface area contributed by atoms with Crippen molar-refractivity contribution < 1.29 is 53.9 Å². The Hall–Kier alpha value is -4.17. The molecule has 0 unspecified atom stereocenters. The number of carbonyl (C=O) groups excluding carboxylic acids is 1. The molecule has 1 heterocycles. The first-order chi connectivity index (χ1) is 21.8. The number of nitrogens with zero attached hydrogens (tertiary/aromatic N) is 2. The Kier molecular flexibility index (Phi) is 19.4. The maximum atomic E-state index is 12.2. The van der Waals surface area contributed by atoms with Crippen molar-refractivity contribution >= 4 is 35.9 Å². The van der Waals surface area contributed by atoms with Crippen LogP contribution in [0.4, 0.5) is 0 Å². The van der Waals surface area contributed by atoms with Gasteiger partial charge in [-0.1, -0.05) is 13.0 Å². The van der Waals surface area contributed by atoms with Crippen molar-refractivity contribution in [3.63, 3.8) is 0 Å². The molecule has 14 nitrogen and oxygen atoms in total. The molecule has 1 amide bonds. The number of carbonyl (C=O) groups is 5. The van der Waals surface area contributed by atoms with Crippen molar-refractivity contribution in [3.8, 4) is 11.5 Å². The summed E-state index contributed by atoms with van der Waals surface area (Å²) in [7, 11) is 3.81. The van der Waals surface area contributed by atoms with Crippen LogP contribution in [0.2, 0.25) is 0 Å². The average molecular weight is 652 g/mol. The molecule has 0 bridgehead atoms. The molecule has 1 aliphatic carbocycles. The van der Waals surface area contributed by atoms with Gasteiger partial charge < -0.3 is 40.1 Å². The van der Waals surface area contributed by atoms with Crippen LogP contribution in [0.5, 0.6) is 11.5 Å². The van der Waals surface area contributed by atoms with Gasteiger partial charge in [-0.3, -0.25) is 28.9 Å². The molecule has 1 saturated heterocycles. The minimum absolute atomic E-state index is 0.0268. The van der Waals surface area contributed by atoms with Crippen molar-refractivity contribution in [2.24, 2.45) is 5.92 Å². The van der Waals surface area contributed by atoms with Gasteiger partial charge in [-0.25, -0.2) is 0 Å². The number of aliphatic carboxylic acids is 4. The van der Waals surface area contributed by atoms with E-state index in [-0.39, 0.29) is 31.6 Å². The molecule has 0 radical (unpaired) electrons. The van der Waals surface area contributed by atoms with E-state index >= 15 is 0 Å². The largest absolute Gasteiger partial charge is 0.493 e. The highest BCUT2D eigenvalue weighted by atomic mass is 16.5. The number of carboxylic acid groups (broad SMARTS) is 4. The number of hydrogen-bond acceptors (Lipinski definition) is 9. The number of nitrogens with one attached hydrogen (secondary N) is 1. The molecule has 258 valence electrons. The molecule has 14 heteroatoms. The molecular weight excluding hydrogens is 602 g/mol. The Morgan fingerprint density at radius 2 is 1.35 bits per heavy atom. The van der Waals surface area contributed by atoms with Crippen molar-refractivity contribution in [1.29, 1.82) is 0 Å². The molecule has 3 rings (SSSR count). The first-order valence-corrected chi connectivity index (χ1v) is 15.4. The predicted molar refractivity (Wildman–Crippen MR) is 170 cm³/mol. The highest BCUT2D eigenvalue weighted by Gasteiger charge is 2.19. The highest BCUT2D eigenvalue weighted by Crippen LogP contribution is 2.28. The quantitative estimate of drug-likeness (QED) is 0.184. The second-order valence-electron chi connectivity index (χ2n) is 11.3. The van der Waals surface area contributed by atoms with Gasteiger partial charge in [0.05, 0.1) is 32.8 Å². The third kappa shape index (κ3) is 19.3. The summed E-state index contributed by atoms with van der Waals surface area (Å²) in [6.07, 6.45) is 6.81. The first-order valence-electron chi connectivity index (χ1n) is 15.4. The van der Waals surface area contributed by atoms with Crippen LogP contribution in [0, 0.1) is 5.92 Å². The number of rotatable bonds is 14. The van der Waals surface area contributed by atoms with Gasteiger partial charge in [-0.15, -0.1) is 0 Å². The Morgan fingerprint density at radius 3 is 1.83 bits per heavy atom. The van der Waals surface area contributed by atoms with E-state index in [0.717, 1.165) is 62.8 Å². The van der Waals surface area contributed by atoms with E-state index < -0.39 is 23.9 Å². The minimum Gasteiger partial charge on any atom is -0.493 e. The predicted octanol–water partition coefficient (Wildman–Crippen LogP) is 2.90. The van der Waals surface area contributed by atoms with Crippen LogP contribution in [-0.4, -0.2) is 120 Å². The summed E-state index contributed by atoms with van der Waals surface area (Å²) in [5, 5.41) is 34.7. The van der Waals surface area contributed by atoms with Gasteiger partial charge in [0.25, 0.3) is 0 Å². The van der Waals surface area contributed by atoms with E-state index in [1.54, 1.807) is 13.2 Å².